The van der Waals surface area contributed by atoms with Gasteiger partial charge in [0.05, 0.1) is 25.0 Å². The first kappa shape index (κ1) is 27.3. The van der Waals surface area contributed by atoms with Crippen molar-refractivity contribution >= 4 is 11.9 Å². The number of nitrogens with one attached hydrogen (secondary N) is 2. The number of benzene rings is 2. The summed E-state index contributed by atoms with van der Waals surface area (Å²) in [6.07, 6.45) is -0.151. The van der Waals surface area contributed by atoms with Gasteiger partial charge in [-0.2, -0.15) is 0 Å². The second-order valence-electron chi connectivity index (χ2n) is 9.58. The molecule has 9 heteroatoms. The first-order chi connectivity index (χ1) is 17.2. The number of carbonyl (C=O) groups is 2. The lowest BCUT2D eigenvalue weighted by molar-refractivity contribution is -0.536. The topological polar surface area (TPSA) is 131 Å². The first-order valence-corrected chi connectivity index (χ1v) is 12.3. The molecule has 0 aromatic heterocycles. The second-order valence-corrected chi connectivity index (χ2v) is 9.58. The molecular weight excluding hydrogens is 462 g/mol. The lowest BCUT2D eigenvalue weighted by Crippen LogP contribution is -2.60. The lowest BCUT2D eigenvalue weighted by atomic mass is 9.74. The summed E-state index contributed by atoms with van der Waals surface area (Å²) >= 11 is 0. The van der Waals surface area contributed by atoms with Crippen LogP contribution < -0.4 is 10.6 Å². The van der Waals surface area contributed by atoms with E-state index in [0.29, 0.717) is 12.0 Å². The number of nitro groups is 1. The zero-order valence-electron chi connectivity index (χ0n) is 20.9. The minimum Gasteiger partial charge on any atom is -0.481 e. The summed E-state index contributed by atoms with van der Waals surface area (Å²) < 4.78 is 6.40. The second kappa shape index (κ2) is 12.1. The highest BCUT2D eigenvalue weighted by Crippen LogP contribution is 2.45. The first-order valence-electron chi connectivity index (χ1n) is 12.3. The van der Waals surface area contributed by atoms with Crippen LogP contribution in [0.25, 0.3) is 0 Å². The molecule has 9 nitrogen and oxygen atoms in total. The number of carboxylic acid groups (broad SMARTS) is 1. The van der Waals surface area contributed by atoms with Crippen molar-refractivity contribution in [1.82, 2.24) is 10.6 Å². The maximum absolute atomic E-state index is 13.5. The molecule has 0 spiro atoms. The molecule has 1 amide bonds. The minimum atomic E-state index is -1.37. The Kier molecular flexibility index (Phi) is 9.17. The molecule has 0 radical (unpaired) electrons. The maximum atomic E-state index is 13.5. The zero-order valence-corrected chi connectivity index (χ0v) is 20.9. The van der Waals surface area contributed by atoms with Crippen LogP contribution in [0.3, 0.4) is 0 Å². The van der Waals surface area contributed by atoms with Gasteiger partial charge in [-0.3, -0.25) is 25.0 Å². The quantitative estimate of drug-likeness (QED) is 0.302. The van der Waals surface area contributed by atoms with Crippen molar-refractivity contribution in [3.05, 3.63) is 81.9 Å². The number of hydrogen-bond acceptors (Lipinski definition) is 6. The highest BCUT2D eigenvalue weighted by atomic mass is 16.6. The number of hydrogen-bond donors (Lipinski definition) is 3. The van der Waals surface area contributed by atoms with E-state index in [1.807, 2.05) is 74.5 Å². The van der Waals surface area contributed by atoms with Crippen LogP contribution >= 0.6 is 0 Å². The van der Waals surface area contributed by atoms with Gasteiger partial charge in [-0.25, -0.2) is 0 Å². The minimum absolute atomic E-state index is 0.0733. The van der Waals surface area contributed by atoms with Gasteiger partial charge < -0.3 is 15.2 Å². The number of aliphatic carboxylic acids is 1. The van der Waals surface area contributed by atoms with E-state index in [1.54, 1.807) is 6.92 Å². The molecule has 0 saturated carbocycles. The van der Waals surface area contributed by atoms with Crippen molar-refractivity contribution in [2.75, 3.05) is 6.54 Å². The molecule has 2 aromatic carbocycles. The highest BCUT2D eigenvalue weighted by Gasteiger charge is 2.64. The molecule has 1 aliphatic rings. The van der Waals surface area contributed by atoms with Crippen LogP contribution in [0.15, 0.2) is 60.7 Å². The van der Waals surface area contributed by atoms with E-state index in [4.69, 9.17) is 9.84 Å². The normalized spacial score (nSPS) is 25.1. The van der Waals surface area contributed by atoms with Gasteiger partial charge in [-0.05, 0) is 24.0 Å². The molecule has 1 aliphatic heterocycles. The summed E-state index contributed by atoms with van der Waals surface area (Å²) in [6.45, 7) is 5.81. The van der Waals surface area contributed by atoms with Crippen molar-refractivity contribution in [2.24, 2.45) is 11.8 Å². The predicted molar refractivity (Wildman–Crippen MR) is 135 cm³/mol. The van der Waals surface area contributed by atoms with E-state index in [-0.39, 0.29) is 30.4 Å². The van der Waals surface area contributed by atoms with Gasteiger partial charge in [-0.1, -0.05) is 80.9 Å². The molecule has 2 aromatic rings. The predicted octanol–water partition coefficient (Wildman–Crippen LogP) is 3.57. The summed E-state index contributed by atoms with van der Waals surface area (Å²) in [5, 5.41) is 27.6. The van der Waals surface area contributed by atoms with Crippen LogP contribution in [-0.4, -0.2) is 46.1 Å². The summed E-state index contributed by atoms with van der Waals surface area (Å²) in [7, 11) is 0. The molecule has 194 valence electrons. The van der Waals surface area contributed by atoms with Crippen molar-refractivity contribution in [3.8, 4) is 0 Å². The summed E-state index contributed by atoms with van der Waals surface area (Å²) in [5.41, 5.74) is 0.264. The van der Waals surface area contributed by atoms with Gasteiger partial charge in [0.25, 0.3) is 0 Å². The molecule has 36 heavy (non-hydrogen) atoms. The number of ether oxygens (including phenoxy) is 1. The van der Waals surface area contributed by atoms with Crippen LogP contribution in [0.4, 0.5) is 0 Å². The van der Waals surface area contributed by atoms with Gasteiger partial charge in [0.15, 0.2) is 0 Å². The highest BCUT2D eigenvalue weighted by molar-refractivity contribution is 5.87. The number of carboxylic acids is 1. The third-order valence-corrected chi connectivity index (χ3v) is 7.17. The smallest absolute Gasteiger partial charge is 0.305 e. The molecule has 0 bridgehead atoms. The Morgan fingerprint density at radius 1 is 1.17 bits per heavy atom. The maximum Gasteiger partial charge on any atom is 0.305 e. The molecule has 6 atom stereocenters. The largest absolute Gasteiger partial charge is 0.481 e. The Hall–Kier alpha value is -3.30. The van der Waals surface area contributed by atoms with E-state index in [9.17, 15) is 19.7 Å². The summed E-state index contributed by atoms with van der Waals surface area (Å²) in [4.78, 5) is 36.8. The van der Waals surface area contributed by atoms with Gasteiger partial charge in [0, 0.05) is 11.5 Å². The molecule has 1 saturated heterocycles. The van der Waals surface area contributed by atoms with Crippen molar-refractivity contribution in [3.63, 3.8) is 0 Å². The SMILES string of the molecule is CC[C@H](C)[C@H](OCc1ccccc1)[C@@H]1[C@H]([N+](=O)[O-])[C@H](c2ccccc2)N[C@]1(C)C(=O)NCCC(=O)O. The third-order valence-electron chi connectivity index (χ3n) is 7.17. The van der Waals surface area contributed by atoms with Crippen molar-refractivity contribution < 1.29 is 24.4 Å². The lowest BCUT2D eigenvalue weighted by Gasteiger charge is -2.37. The van der Waals surface area contributed by atoms with Crippen LogP contribution in [-0.2, 0) is 20.9 Å². The Bertz CT molecular complexity index is 1030. The molecule has 0 unspecified atom stereocenters. The zero-order chi connectivity index (χ0) is 26.3. The summed E-state index contributed by atoms with van der Waals surface area (Å²) in [6, 6.07) is 16.8. The van der Waals surface area contributed by atoms with Crippen LogP contribution in [0.5, 0.6) is 0 Å². The summed E-state index contributed by atoms with van der Waals surface area (Å²) in [5.74, 6) is -2.41. The van der Waals surface area contributed by atoms with E-state index in [1.165, 1.54) is 0 Å². The fourth-order valence-electron chi connectivity index (χ4n) is 5.07. The molecule has 3 N–H and O–H groups in total. The molecule has 3 rings (SSSR count). The fourth-order valence-corrected chi connectivity index (χ4v) is 5.07. The van der Waals surface area contributed by atoms with Gasteiger partial charge in [0.2, 0.25) is 11.9 Å². The van der Waals surface area contributed by atoms with Gasteiger partial charge in [-0.15, -0.1) is 0 Å². The van der Waals surface area contributed by atoms with Gasteiger partial charge >= 0.3 is 5.97 Å². The van der Waals surface area contributed by atoms with E-state index in [0.717, 1.165) is 5.56 Å². The Morgan fingerprint density at radius 2 is 1.78 bits per heavy atom. The molecule has 0 aliphatic carbocycles. The number of nitrogens with zero attached hydrogens (tertiary/aromatic N) is 1. The monoisotopic (exact) mass is 497 g/mol. The van der Waals surface area contributed by atoms with Crippen molar-refractivity contribution in [1.29, 1.82) is 0 Å². The molecule has 1 heterocycles. The molecule has 1 fully saturated rings. The van der Waals surface area contributed by atoms with Crippen LogP contribution in [0.1, 0.15) is 50.8 Å². The Morgan fingerprint density at radius 3 is 2.33 bits per heavy atom. The van der Waals surface area contributed by atoms with Crippen LogP contribution in [0.2, 0.25) is 0 Å². The fraction of sp³-hybridized carbons (Fsp3) is 0.481. The average molecular weight is 498 g/mol. The van der Waals surface area contributed by atoms with E-state index >= 15 is 0 Å². The number of rotatable bonds is 12. The third kappa shape index (κ3) is 6.09. The van der Waals surface area contributed by atoms with Gasteiger partial charge in [0.1, 0.15) is 11.6 Å². The van der Waals surface area contributed by atoms with Crippen molar-refractivity contribution in [2.45, 2.75) is 63.9 Å². The van der Waals surface area contributed by atoms with E-state index in [2.05, 4.69) is 10.6 Å². The Labute approximate surface area is 211 Å². The average Bonchev–Trinajstić information content (AvgIpc) is 3.19. The molecular formula is C27H35N3O6. The van der Waals surface area contributed by atoms with Crippen LogP contribution in [0, 0.1) is 22.0 Å². The Balaban J connectivity index is 2.04. The number of carbonyl (C=O) groups excluding carboxylic acids is 1. The standard InChI is InChI=1S/C27H35N3O6/c1-4-18(2)25(36-17-19-11-7-5-8-12-19)22-24(30(34)35)23(20-13-9-6-10-14-20)29-27(22,3)26(33)28-16-15-21(31)32/h5-14,18,22-25,29H,4,15-17H2,1-3H3,(H,28,33)(H,31,32)/t18-,22-,23-,24-,25-,27-/m0/s1. The number of amides is 1. The van der Waals surface area contributed by atoms with E-state index < -0.39 is 41.5 Å².